The van der Waals surface area contributed by atoms with Gasteiger partial charge >= 0.3 is 6.03 Å². The molecule has 1 heterocycles. The molecule has 1 aliphatic heterocycles. The molecule has 0 aliphatic carbocycles. The van der Waals surface area contributed by atoms with E-state index in [-0.39, 0.29) is 11.4 Å². The molecule has 104 valence electrons. The van der Waals surface area contributed by atoms with E-state index in [1.807, 2.05) is 12.1 Å². The monoisotopic (exact) mass is 280 g/mol. The molecule has 2 rings (SSSR count). The number of carbonyl (C=O) groups is 1. The maximum absolute atomic E-state index is 11.6. The highest BCUT2D eigenvalue weighted by Gasteiger charge is 2.22. The van der Waals surface area contributed by atoms with Gasteiger partial charge in [0.15, 0.2) is 0 Å². The van der Waals surface area contributed by atoms with Crippen molar-refractivity contribution in [1.29, 1.82) is 0 Å². The summed E-state index contributed by atoms with van der Waals surface area (Å²) < 4.78 is 0. The standard InChI is InChI=1S/C15H21ClN2O/c1-4-10(5-2)14(16)11-6-7-13-12(8-11)9-18(3)15(19)17-13/h6-8,10,14H,4-5,9H2,1-3H3,(H,17,19). The van der Waals surface area contributed by atoms with Gasteiger partial charge in [0.25, 0.3) is 0 Å². The van der Waals surface area contributed by atoms with Crippen LogP contribution in [0, 0.1) is 5.92 Å². The largest absolute Gasteiger partial charge is 0.323 e. The van der Waals surface area contributed by atoms with Gasteiger partial charge in [-0.15, -0.1) is 11.6 Å². The predicted molar refractivity (Wildman–Crippen MR) is 79.6 cm³/mol. The fourth-order valence-corrected chi connectivity index (χ4v) is 3.04. The van der Waals surface area contributed by atoms with E-state index in [1.54, 1.807) is 11.9 Å². The molecule has 1 unspecified atom stereocenters. The Labute approximate surface area is 119 Å². The summed E-state index contributed by atoms with van der Waals surface area (Å²) >= 11 is 6.58. The van der Waals surface area contributed by atoms with E-state index >= 15 is 0 Å². The Bertz CT molecular complexity index is 471. The van der Waals surface area contributed by atoms with E-state index in [2.05, 4.69) is 25.2 Å². The predicted octanol–water partition coefficient (Wildman–Crippen LogP) is 4.38. The number of nitrogens with zero attached hydrogens (tertiary/aromatic N) is 1. The summed E-state index contributed by atoms with van der Waals surface area (Å²) in [6.07, 6.45) is 2.16. The van der Waals surface area contributed by atoms with Gasteiger partial charge in [0.2, 0.25) is 0 Å². The van der Waals surface area contributed by atoms with Crippen molar-refractivity contribution in [3.63, 3.8) is 0 Å². The first kappa shape index (κ1) is 14.2. The molecule has 1 aromatic carbocycles. The molecular weight excluding hydrogens is 260 g/mol. The SMILES string of the molecule is CCC(CC)C(Cl)c1ccc2c(c1)CN(C)C(=O)N2. The molecule has 0 saturated carbocycles. The Morgan fingerprint density at radius 1 is 1.37 bits per heavy atom. The maximum Gasteiger partial charge on any atom is 0.321 e. The summed E-state index contributed by atoms with van der Waals surface area (Å²) in [6.45, 7) is 4.99. The lowest BCUT2D eigenvalue weighted by Crippen LogP contribution is -2.35. The van der Waals surface area contributed by atoms with Gasteiger partial charge in [-0.3, -0.25) is 0 Å². The minimum atomic E-state index is -0.0531. The molecule has 1 N–H and O–H groups in total. The summed E-state index contributed by atoms with van der Waals surface area (Å²) in [5.74, 6) is 0.496. The highest BCUT2D eigenvalue weighted by atomic mass is 35.5. The van der Waals surface area contributed by atoms with Crippen LogP contribution in [-0.2, 0) is 6.54 Å². The van der Waals surface area contributed by atoms with Gasteiger partial charge in [-0.1, -0.05) is 38.8 Å². The van der Waals surface area contributed by atoms with Crippen LogP contribution in [0.25, 0.3) is 0 Å². The molecule has 0 bridgehead atoms. The highest BCUT2D eigenvalue weighted by molar-refractivity contribution is 6.21. The van der Waals surface area contributed by atoms with Crippen LogP contribution >= 0.6 is 11.6 Å². The number of fused-ring (bicyclic) bond motifs is 1. The Morgan fingerprint density at radius 2 is 2.05 bits per heavy atom. The molecule has 0 aromatic heterocycles. The average molecular weight is 281 g/mol. The topological polar surface area (TPSA) is 32.3 Å². The van der Waals surface area contributed by atoms with Gasteiger partial charge in [-0.05, 0) is 23.1 Å². The number of nitrogens with one attached hydrogen (secondary N) is 1. The smallest absolute Gasteiger partial charge is 0.321 e. The average Bonchev–Trinajstić information content (AvgIpc) is 2.41. The lowest BCUT2D eigenvalue weighted by atomic mass is 9.92. The van der Waals surface area contributed by atoms with Gasteiger partial charge in [-0.2, -0.15) is 0 Å². The third kappa shape index (κ3) is 2.86. The van der Waals surface area contributed by atoms with Crippen molar-refractivity contribution in [1.82, 2.24) is 4.90 Å². The van der Waals surface area contributed by atoms with Gasteiger partial charge in [0, 0.05) is 19.3 Å². The van der Waals surface area contributed by atoms with Crippen molar-refractivity contribution in [2.75, 3.05) is 12.4 Å². The van der Waals surface area contributed by atoms with Gasteiger partial charge < -0.3 is 10.2 Å². The summed E-state index contributed by atoms with van der Waals surface area (Å²) in [5, 5.41) is 2.92. The highest BCUT2D eigenvalue weighted by Crippen LogP contribution is 2.35. The van der Waals surface area contributed by atoms with Crippen molar-refractivity contribution in [3.8, 4) is 0 Å². The molecule has 3 nitrogen and oxygen atoms in total. The molecule has 2 amide bonds. The molecule has 0 fully saturated rings. The zero-order valence-electron chi connectivity index (χ0n) is 11.7. The lowest BCUT2D eigenvalue weighted by molar-refractivity contribution is 0.218. The van der Waals surface area contributed by atoms with Crippen molar-refractivity contribution in [2.45, 2.75) is 38.6 Å². The second kappa shape index (κ2) is 5.83. The third-order valence-electron chi connectivity index (χ3n) is 3.91. The van der Waals surface area contributed by atoms with Gasteiger partial charge in [-0.25, -0.2) is 4.79 Å². The van der Waals surface area contributed by atoms with Crippen LogP contribution in [0.5, 0.6) is 0 Å². The van der Waals surface area contributed by atoms with Crippen LogP contribution in [0.3, 0.4) is 0 Å². The zero-order chi connectivity index (χ0) is 14.0. The van der Waals surface area contributed by atoms with Crippen molar-refractivity contribution in [2.24, 2.45) is 5.92 Å². The van der Waals surface area contributed by atoms with Crippen LogP contribution < -0.4 is 5.32 Å². The first-order chi connectivity index (χ1) is 9.06. The molecule has 1 atom stereocenters. The van der Waals surface area contributed by atoms with Crippen LogP contribution in [0.4, 0.5) is 10.5 Å². The van der Waals surface area contributed by atoms with Crippen molar-refractivity contribution in [3.05, 3.63) is 29.3 Å². The number of hydrogen-bond acceptors (Lipinski definition) is 1. The van der Waals surface area contributed by atoms with E-state index in [0.717, 1.165) is 29.7 Å². The summed E-state index contributed by atoms with van der Waals surface area (Å²) in [5.41, 5.74) is 3.19. The van der Waals surface area contributed by atoms with Crippen LogP contribution in [0.1, 0.15) is 43.2 Å². The van der Waals surface area contributed by atoms with Crippen molar-refractivity contribution >= 4 is 23.3 Å². The van der Waals surface area contributed by atoms with E-state index in [0.29, 0.717) is 12.5 Å². The number of alkyl halides is 1. The van der Waals surface area contributed by atoms with Gasteiger partial charge in [0.05, 0.1) is 5.38 Å². The number of carbonyl (C=O) groups excluding carboxylic acids is 1. The number of amides is 2. The van der Waals surface area contributed by atoms with Crippen LogP contribution in [-0.4, -0.2) is 18.0 Å². The quantitative estimate of drug-likeness (QED) is 0.816. The number of anilines is 1. The normalized spacial score (nSPS) is 16.3. The third-order valence-corrected chi connectivity index (χ3v) is 4.51. The van der Waals surface area contributed by atoms with E-state index in [4.69, 9.17) is 11.6 Å². The molecule has 4 heteroatoms. The summed E-state index contributed by atoms with van der Waals surface area (Å²) in [4.78, 5) is 13.2. The molecule has 19 heavy (non-hydrogen) atoms. The molecular formula is C15H21ClN2O. The second-order valence-electron chi connectivity index (χ2n) is 5.18. The summed E-state index contributed by atoms with van der Waals surface area (Å²) in [6, 6.07) is 6.07. The second-order valence-corrected chi connectivity index (χ2v) is 5.65. The maximum atomic E-state index is 11.6. The fourth-order valence-electron chi connectivity index (χ4n) is 2.55. The lowest BCUT2D eigenvalue weighted by Gasteiger charge is -2.27. The number of urea groups is 1. The zero-order valence-corrected chi connectivity index (χ0v) is 12.5. The van der Waals surface area contributed by atoms with Crippen molar-refractivity contribution < 1.29 is 4.79 Å². The number of halogens is 1. The number of hydrogen-bond donors (Lipinski definition) is 1. The number of benzene rings is 1. The molecule has 0 saturated heterocycles. The minimum absolute atomic E-state index is 0.0447. The van der Waals surface area contributed by atoms with E-state index in [1.165, 1.54) is 0 Å². The minimum Gasteiger partial charge on any atom is -0.323 e. The fraction of sp³-hybridized carbons (Fsp3) is 0.533. The van der Waals surface area contributed by atoms with Crippen LogP contribution in [0.15, 0.2) is 18.2 Å². The molecule has 1 aromatic rings. The van der Waals surface area contributed by atoms with E-state index in [9.17, 15) is 4.79 Å². The molecule has 1 aliphatic rings. The van der Waals surface area contributed by atoms with Gasteiger partial charge in [0.1, 0.15) is 0 Å². The molecule has 0 radical (unpaired) electrons. The summed E-state index contributed by atoms with van der Waals surface area (Å²) in [7, 11) is 1.80. The first-order valence-electron chi connectivity index (χ1n) is 6.85. The Morgan fingerprint density at radius 3 is 2.68 bits per heavy atom. The Balaban J connectivity index is 2.26. The molecule has 0 spiro atoms. The Kier molecular flexibility index (Phi) is 4.35. The van der Waals surface area contributed by atoms with Crippen LogP contribution in [0.2, 0.25) is 0 Å². The first-order valence-corrected chi connectivity index (χ1v) is 7.29. The Hall–Kier alpha value is -1.22. The number of rotatable bonds is 4. The van der Waals surface area contributed by atoms with E-state index < -0.39 is 0 Å².